The fourth-order valence-corrected chi connectivity index (χ4v) is 3.90. The van der Waals surface area contributed by atoms with Crippen molar-refractivity contribution in [2.75, 3.05) is 59.3 Å². The molecule has 0 atom stereocenters. The molecule has 0 aliphatic carbocycles. The highest BCUT2D eigenvalue weighted by atomic mass is 35.5. The monoisotopic (exact) mass is 457 g/mol. The lowest BCUT2D eigenvalue weighted by Crippen LogP contribution is -2.33. The second kappa shape index (κ2) is 10.8. The molecule has 0 spiro atoms. The first-order valence-corrected chi connectivity index (χ1v) is 11.1. The molecular formula is C24H32ClN5O2. The molecule has 0 aliphatic heterocycles. The van der Waals surface area contributed by atoms with Crippen molar-refractivity contribution >= 4 is 29.3 Å². The number of nitrogens with zero attached hydrogens (tertiary/aromatic N) is 5. The number of aromatic nitrogens is 2. The first kappa shape index (κ1) is 24.0. The number of amides is 1. The van der Waals surface area contributed by atoms with Gasteiger partial charge < -0.3 is 23.8 Å². The van der Waals surface area contributed by atoms with Crippen LogP contribution in [0.15, 0.2) is 36.7 Å². The van der Waals surface area contributed by atoms with Gasteiger partial charge in [0.15, 0.2) is 0 Å². The lowest BCUT2D eigenvalue weighted by molar-refractivity contribution is -0.107. The van der Waals surface area contributed by atoms with E-state index in [4.69, 9.17) is 21.3 Å². The van der Waals surface area contributed by atoms with E-state index in [1.807, 2.05) is 48.0 Å². The average molecular weight is 458 g/mol. The molecule has 0 unspecified atom stereocenters. The minimum atomic E-state index is 0.549. The number of ether oxygens (including phenoxy) is 1. The second-order valence-electron chi connectivity index (χ2n) is 8.34. The van der Waals surface area contributed by atoms with Gasteiger partial charge in [-0.15, -0.1) is 0 Å². The van der Waals surface area contributed by atoms with Crippen LogP contribution in [0.5, 0.6) is 5.75 Å². The Labute approximate surface area is 195 Å². The zero-order valence-corrected chi connectivity index (χ0v) is 20.3. The molecule has 3 rings (SSSR count). The Balaban J connectivity index is 1.75. The van der Waals surface area contributed by atoms with E-state index in [2.05, 4.69) is 30.9 Å². The first-order chi connectivity index (χ1) is 15.3. The molecule has 0 bridgehead atoms. The fraction of sp³-hybridized carbons (Fsp3) is 0.417. The molecule has 2 aromatic heterocycles. The maximum absolute atomic E-state index is 11.8. The summed E-state index contributed by atoms with van der Waals surface area (Å²) in [5.41, 5.74) is 4.41. The van der Waals surface area contributed by atoms with Crippen LogP contribution in [-0.4, -0.2) is 80.0 Å². The number of hydrogen-bond acceptors (Lipinski definition) is 5. The summed E-state index contributed by atoms with van der Waals surface area (Å²) in [6, 6.07) is 7.66. The lowest BCUT2D eigenvalue weighted by Gasteiger charge is -2.23. The number of anilines is 1. The van der Waals surface area contributed by atoms with Gasteiger partial charge in [-0.2, -0.15) is 0 Å². The molecule has 0 radical (unpaired) electrons. The lowest BCUT2D eigenvalue weighted by atomic mass is 10.1. The van der Waals surface area contributed by atoms with Gasteiger partial charge in [0.25, 0.3) is 0 Å². The van der Waals surface area contributed by atoms with Gasteiger partial charge in [-0.05, 0) is 71.3 Å². The van der Waals surface area contributed by atoms with Crippen molar-refractivity contribution in [2.24, 2.45) is 0 Å². The van der Waals surface area contributed by atoms with E-state index in [0.29, 0.717) is 17.3 Å². The number of carbonyl (C=O) groups excluding carboxylic acids is 1. The van der Waals surface area contributed by atoms with Crippen molar-refractivity contribution in [3.63, 3.8) is 0 Å². The van der Waals surface area contributed by atoms with E-state index in [1.54, 1.807) is 12.0 Å². The Bertz CT molecular complexity index is 1070. The van der Waals surface area contributed by atoms with E-state index < -0.39 is 0 Å². The topological polar surface area (TPSA) is 53.3 Å². The normalized spacial score (nSPS) is 11.5. The number of hydrogen-bond donors (Lipinski definition) is 0. The maximum atomic E-state index is 11.8. The summed E-state index contributed by atoms with van der Waals surface area (Å²) in [7, 11) is 7.85. The molecule has 0 saturated heterocycles. The first-order valence-electron chi connectivity index (χ1n) is 10.7. The van der Waals surface area contributed by atoms with Crippen LogP contribution in [0.1, 0.15) is 12.0 Å². The molecule has 172 valence electrons. The van der Waals surface area contributed by atoms with Crippen LogP contribution >= 0.6 is 11.6 Å². The third-order valence-corrected chi connectivity index (χ3v) is 5.84. The Morgan fingerprint density at radius 2 is 1.91 bits per heavy atom. The summed E-state index contributed by atoms with van der Waals surface area (Å²) in [6.45, 7) is 5.49. The Kier molecular flexibility index (Phi) is 8.12. The van der Waals surface area contributed by atoms with Crippen LogP contribution in [0, 0.1) is 6.92 Å². The molecule has 32 heavy (non-hydrogen) atoms. The van der Waals surface area contributed by atoms with Gasteiger partial charge in [0, 0.05) is 42.8 Å². The van der Waals surface area contributed by atoms with Crippen molar-refractivity contribution in [3.8, 4) is 17.0 Å². The number of rotatable bonds is 11. The van der Waals surface area contributed by atoms with E-state index in [9.17, 15) is 4.79 Å². The second-order valence-corrected chi connectivity index (χ2v) is 8.74. The number of benzene rings is 1. The number of halogens is 1. The Morgan fingerprint density at radius 3 is 2.59 bits per heavy atom. The van der Waals surface area contributed by atoms with Crippen molar-refractivity contribution in [1.82, 2.24) is 19.2 Å². The summed E-state index contributed by atoms with van der Waals surface area (Å²) in [4.78, 5) is 22.7. The van der Waals surface area contributed by atoms with Crippen LogP contribution < -0.4 is 9.64 Å². The summed E-state index contributed by atoms with van der Waals surface area (Å²) >= 11 is 6.33. The highest BCUT2D eigenvalue weighted by Gasteiger charge is 2.13. The third-order valence-electron chi connectivity index (χ3n) is 5.55. The summed E-state index contributed by atoms with van der Waals surface area (Å²) in [5.74, 6) is 0.646. The van der Waals surface area contributed by atoms with Crippen LogP contribution in [-0.2, 0) is 4.79 Å². The number of carbonyl (C=O) groups is 1. The van der Waals surface area contributed by atoms with Crippen molar-refractivity contribution in [1.29, 1.82) is 0 Å². The molecule has 0 saturated carbocycles. The molecule has 0 aliphatic rings. The molecule has 3 aromatic rings. The quantitative estimate of drug-likeness (QED) is 0.410. The van der Waals surface area contributed by atoms with Gasteiger partial charge >= 0.3 is 0 Å². The Morgan fingerprint density at radius 1 is 1.12 bits per heavy atom. The molecule has 7 nitrogen and oxygen atoms in total. The van der Waals surface area contributed by atoms with Crippen molar-refractivity contribution in [3.05, 3.63) is 47.2 Å². The summed E-state index contributed by atoms with van der Waals surface area (Å²) in [6.07, 6.45) is 5.88. The molecule has 1 amide bonds. The van der Waals surface area contributed by atoms with Gasteiger partial charge in [0.2, 0.25) is 6.41 Å². The maximum Gasteiger partial charge on any atom is 0.214 e. The third kappa shape index (κ3) is 5.79. The van der Waals surface area contributed by atoms with Gasteiger partial charge in [-0.25, -0.2) is 4.98 Å². The largest absolute Gasteiger partial charge is 0.495 e. The van der Waals surface area contributed by atoms with Crippen LogP contribution in [0.25, 0.3) is 16.9 Å². The number of fused-ring (bicyclic) bond motifs is 1. The number of pyridine rings is 1. The van der Waals surface area contributed by atoms with Gasteiger partial charge in [-0.3, -0.25) is 4.79 Å². The number of methoxy groups -OCH3 is 1. The predicted octanol–water partition coefficient (Wildman–Crippen LogP) is 3.82. The zero-order chi connectivity index (χ0) is 23.3. The van der Waals surface area contributed by atoms with Crippen LogP contribution in [0.3, 0.4) is 0 Å². The SMILES string of the molecule is COc1cc(C)c(-c2cn3ccc(N(C=O)CCN(C)CCCN(C)C)cc3n2)cc1Cl. The standard InChI is InChI=1S/C24H32ClN5O2/c1-18-13-23(32-5)21(25)15-20(18)22-16-29-10-7-19(14-24(29)26-22)30(17-31)12-11-28(4)9-6-8-27(2)3/h7,10,13-17H,6,8-9,11-12H2,1-5H3. The van der Waals surface area contributed by atoms with Crippen molar-refractivity contribution in [2.45, 2.75) is 13.3 Å². The van der Waals surface area contributed by atoms with E-state index in [-0.39, 0.29) is 0 Å². The van der Waals surface area contributed by atoms with Gasteiger partial charge in [0.05, 0.1) is 17.8 Å². The molecule has 0 fully saturated rings. The van der Waals surface area contributed by atoms with Crippen molar-refractivity contribution < 1.29 is 9.53 Å². The predicted molar refractivity (Wildman–Crippen MR) is 131 cm³/mol. The zero-order valence-electron chi connectivity index (χ0n) is 19.5. The Hall–Kier alpha value is -2.61. The minimum absolute atomic E-state index is 0.549. The molecule has 2 heterocycles. The average Bonchev–Trinajstić information content (AvgIpc) is 3.18. The smallest absolute Gasteiger partial charge is 0.214 e. The van der Waals surface area contributed by atoms with Crippen LogP contribution in [0.2, 0.25) is 5.02 Å². The fourth-order valence-electron chi connectivity index (χ4n) is 3.66. The minimum Gasteiger partial charge on any atom is -0.495 e. The highest BCUT2D eigenvalue weighted by Crippen LogP contribution is 2.33. The number of likely N-dealkylation sites (N-methyl/N-ethyl adjacent to an activating group) is 1. The van der Waals surface area contributed by atoms with E-state index in [0.717, 1.165) is 60.6 Å². The van der Waals surface area contributed by atoms with Crippen LogP contribution in [0.4, 0.5) is 5.69 Å². The summed E-state index contributed by atoms with van der Waals surface area (Å²) in [5, 5.41) is 0.549. The molecule has 1 aromatic carbocycles. The molecular weight excluding hydrogens is 426 g/mol. The summed E-state index contributed by atoms with van der Waals surface area (Å²) < 4.78 is 7.25. The highest BCUT2D eigenvalue weighted by molar-refractivity contribution is 6.32. The number of aryl methyl sites for hydroxylation is 1. The van der Waals surface area contributed by atoms with Gasteiger partial charge in [-0.1, -0.05) is 11.6 Å². The molecule has 0 N–H and O–H groups in total. The van der Waals surface area contributed by atoms with E-state index in [1.165, 1.54) is 0 Å². The van der Waals surface area contributed by atoms with Gasteiger partial charge in [0.1, 0.15) is 11.4 Å². The molecule has 8 heteroatoms. The van der Waals surface area contributed by atoms with E-state index >= 15 is 0 Å². The number of imidazole rings is 1.